The molecule has 0 amide bonds. The van der Waals surface area contributed by atoms with Crippen molar-refractivity contribution >= 4 is 21.6 Å². The van der Waals surface area contributed by atoms with Crippen molar-refractivity contribution in [2.45, 2.75) is 26.1 Å². The zero-order valence-corrected chi connectivity index (χ0v) is 12.9. The molecule has 0 bridgehead atoms. The molecule has 0 atom stereocenters. The third-order valence-corrected chi connectivity index (χ3v) is 3.76. The Bertz CT molecular complexity index is 627. The van der Waals surface area contributed by atoms with E-state index in [2.05, 4.69) is 26.2 Å². The highest BCUT2D eigenvalue weighted by Gasteiger charge is 2.30. The quantitative estimate of drug-likeness (QED) is 0.828. The second kappa shape index (κ2) is 6.47. The van der Waals surface area contributed by atoms with E-state index in [1.54, 1.807) is 6.20 Å². The van der Waals surface area contributed by atoms with Crippen LogP contribution in [0, 0.1) is 0 Å². The molecule has 2 nitrogen and oxygen atoms in total. The molecule has 0 saturated carbocycles. The minimum absolute atomic E-state index is 0.381. The van der Waals surface area contributed by atoms with Crippen molar-refractivity contribution in [3.63, 3.8) is 0 Å². The van der Waals surface area contributed by atoms with Gasteiger partial charge in [-0.3, -0.25) is 4.98 Å². The van der Waals surface area contributed by atoms with E-state index < -0.39 is 11.7 Å². The van der Waals surface area contributed by atoms with E-state index in [1.165, 1.54) is 6.07 Å². The van der Waals surface area contributed by atoms with Gasteiger partial charge in [-0.15, -0.1) is 0 Å². The number of halogens is 4. The van der Waals surface area contributed by atoms with E-state index in [9.17, 15) is 13.2 Å². The van der Waals surface area contributed by atoms with Crippen molar-refractivity contribution in [1.82, 2.24) is 4.98 Å². The summed E-state index contributed by atoms with van der Waals surface area (Å²) in [5, 5.41) is 3.11. The van der Waals surface area contributed by atoms with E-state index in [4.69, 9.17) is 0 Å². The molecule has 112 valence electrons. The molecule has 0 fully saturated rings. The van der Waals surface area contributed by atoms with Gasteiger partial charge in [0.05, 0.1) is 17.8 Å². The predicted octanol–water partition coefficient (Wildman–Crippen LogP) is 5.04. The molecule has 2 rings (SSSR count). The standard InChI is InChI=1S/C15H14BrF3N2/c1-2-10-4-3-7-20-14(10)9-21-13-6-5-11(8-12(13)16)15(17,18)19/h3-8,21H,2,9H2,1H3. The number of nitrogens with zero attached hydrogens (tertiary/aromatic N) is 1. The van der Waals surface area contributed by atoms with Crippen LogP contribution in [0.15, 0.2) is 41.0 Å². The summed E-state index contributed by atoms with van der Waals surface area (Å²) in [6.45, 7) is 2.50. The molecule has 0 radical (unpaired) electrons. The molecule has 0 unspecified atom stereocenters. The normalized spacial score (nSPS) is 11.5. The zero-order valence-electron chi connectivity index (χ0n) is 11.3. The lowest BCUT2D eigenvalue weighted by Crippen LogP contribution is -2.07. The van der Waals surface area contributed by atoms with Gasteiger partial charge in [-0.1, -0.05) is 13.0 Å². The molecule has 0 spiro atoms. The number of benzene rings is 1. The van der Waals surface area contributed by atoms with Gasteiger partial charge in [0.2, 0.25) is 0 Å². The maximum atomic E-state index is 12.6. The third-order valence-electron chi connectivity index (χ3n) is 3.11. The van der Waals surface area contributed by atoms with Crippen LogP contribution in [0.3, 0.4) is 0 Å². The summed E-state index contributed by atoms with van der Waals surface area (Å²) in [6, 6.07) is 7.41. The molecule has 21 heavy (non-hydrogen) atoms. The minimum atomic E-state index is -4.34. The van der Waals surface area contributed by atoms with Crippen molar-refractivity contribution in [2.24, 2.45) is 0 Å². The van der Waals surface area contributed by atoms with Gasteiger partial charge >= 0.3 is 6.18 Å². The van der Waals surface area contributed by atoms with Gasteiger partial charge in [0.25, 0.3) is 0 Å². The Balaban J connectivity index is 2.14. The number of nitrogens with one attached hydrogen (secondary N) is 1. The number of hydrogen-bond acceptors (Lipinski definition) is 2. The van der Waals surface area contributed by atoms with Crippen LogP contribution < -0.4 is 5.32 Å². The maximum absolute atomic E-state index is 12.6. The highest BCUT2D eigenvalue weighted by Crippen LogP contribution is 2.34. The Labute approximate surface area is 129 Å². The number of aromatic nitrogens is 1. The Kier molecular flexibility index (Phi) is 4.88. The number of alkyl halides is 3. The van der Waals surface area contributed by atoms with E-state index in [-0.39, 0.29) is 0 Å². The molecule has 1 N–H and O–H groups in total. The summed E-state index contributed by atoms with van der Waals surface area (Å²) in [7, 11) is 0. The van der Waals surface area contributed by atoms with Crippen LogP contribution in [-0.4, -0.2) is 4.98 Å². The van der Waals surface area contributed by atoms with E-state index in [0.717, 1.165) is 29.8 Å². The SMILES string of the molecule is CCc1cccnc1CNc1ccc(C(F)(F)F)cc1Br. The molecular weight excluding hydrogens is 345 g/mol. The van der Waals surface area contributed by atoms with Crippen molar-refractivity contribution < 1.29 is 13.2 Å². The molecule has 0 saturated heterocycles. The van der Waals surface area contributed by atoms with Gasteiger partial charge in [0, 0.05) is 16.4 Å². The third kappa shape index (κ3) is 3.97. The average molecular weight is 359 g/mol. The van der Waals surface area contributed by atoms with Gasteiger partial charge in [0.15, 0.2) is 0 Å². The molecular formula is C15H14BrF3N2. The second-order valence-electron chi connectivity index (χ2n) is 4.51. The van der Waals surface area contributed by atoms with Gasteiger partial charge in [0.1, 0.15) is 0 Å². The van der Waals surface area contributed by atoms with Crippen LogP contribution in [0.1, 0.15) is 23.7 Å². The lowest BCUT2D eigenvalue weighted by molar-refractivity contribution is -0.137. The van der Waals surface area contributed by atoms with Gasteiger partial charge in [-0.05, 0) is 52.2 Å². The van der Waals surface area contributed by atoms with E-state index in [0.29, 0.717) is 16.7 Å². The number of anilines is 1. The molecule has 1 aromatic carbocycles. The highest BCUT2D eigenvalue weighted by atomic mass is 79.9. The Morgan fingerprint density at radius 3 is 2.62 bits per heavy atom. The Morgan fingerprint density at radius 1 is 1.24 bits per heavy atom. The number of pyridine rings is 1. The van der Waals surface area contributed by atoms with Crippen molar-refractivity contribution in [1.29, 1.82) is 0 Å². The van der Waals surface area contributed by atoms with Crippen LogP contribution in [0.25, 0.3) is 0 Å². The van der Waals surface area contributed by atoms with Gasteiger partial charge < -0.3 is 5.32 Å². The number of aryl methyl sites for hydroxylation is 1. The summed E-state index contributed by atoms with van der Waals surface area (Å²) in [6.07, 6.45) is -1.77. The van der Waals surface area contributed by atoms with Crippen molar-refractivity contribution in [3.8, 4) is 0 Å². The number of hydrogen-bond donors (Lipinski definition) is 1. The predicted molar refractivity (Wildman–Crippen MR) is 80.1 cm³/mol. The molecule has 0 aliphatic rings. The summed E-state index contributed by atoms with van der Waals surface area (Å²) in [4.78, 5) is 4.29. The largest absolute Gasteiger partial charge is 0.416 e. The average Bonchev–Trinajstić information content (AvgIpc) is 2.45. The maximum Gasteiger partial charge on any atom is 0.416 e. The van der Waals surface area contributed by atoms with Crippen LogP contribution in [0.5, 0.6) is 0 Å². The molecule has 2 aromatic rings. The first kappa shape index (κ1) is 15.8. The molecule has 0 aliphatic carbocycles. The summed E-state index contributed by atoms with van der Waals surface area (Å²) < 4.78 is 38.2. The molecule has 1 aromatic heterocycles. The van der Waals surface area contributed by atoms with Gasteiger partial charge in [-0.25, -0.2) is 0 Å². The molecule has 1 heterocycles. The fourth-order valence-corrected chi connectivity index (χ4v) is 2.49. The highest BCUT2D eigenvalue weighted by molar-refractivity contribution is 9.10. The lowest BCUT2D eigenvalue weighted by Gasteiger charge is -2.13. The van der Waals surface area contributed by atoms with Crippen molar-refractivity contribution in [3.05, 3.63) is 57.8 Å². The van der Waals surface area contributed by atoms with Crippen LogP contribution in [-0.2, 0) is 19.1 Å². The van der Waals surface area contributed by atoms with Crippen LogP contribution >= 0.6 is 15.9 Å². The summed E-state index contributed by atoms with van der Waals surface area (Å²) in [5.74, 6) is 0. The topological polar surface area (TPSA) is 24.9 Å². The Morgan fingerprint density at radius 2 is 2.00 bits per heavy atom. The fourth-order valence-electron chi connectivity index (χ4n) is 1.97. The van der Waals surface area contributed by atoms with Crippen LogP contribution in [0.2, 0.25) is 0 Å². The van der Waals surface area contributed by atoms with E-state index >= 15 is 0 Å². The summed E-state index contributed by atoms with van der Waals surface area (Å²) in [5.41, 5.74) is 1.95. The summed E-state index contributed by atoms with van der Waals surface area (Å²) >= 11 is 3.17. The van der Waals surface area contributed by atoms with Crippen molar-refractivity contribution in [2.75, 3.05) is 5.32 Å². The van der Waals surface area contributed by atoms with Gasteiger partial charge in [-0.2, -0.15) is 13.2 Å². The first-order valence-electron chi connectivity index (χ1n) is 6.45. The lowest BCUT2D eigenvalue weighted by atomic mass is 10.1. The first-order chi connectivity index (χ1) is 9.91. The first-order valence-corrected chi connectivity index (χ1v) is 7.24. The Hall–Kier alpha value is -1.56. The smallest absolute Gasteiger partial charge is 0.378 e. The molecule has 0 aliphatic heterocycles. The minimum Gasteiger partial charge on any atom is -0.378 e. The zero-order chi connectivity index (χ0) is 15.5. The van der Waals surface area contributed by atoms with E-state index in [1.807, 2.05) is 19.1 Å². The monoisotopic (exact) mass is 358 g/mol. The number of rotatable bonds is 4. The molecule has 6 heteroatoms. The van der Waals surface area contributed by atoms with Crippen LogP contribution in [0.4, 0.5) is 18.9 Å². The second-order valence-corrected chi connectivity index (χ2v) is 5.36. The fraction of sp³-hybridized carbons (Fsp3) is 0.267.